The lowest BCUT2D eigenvalue weighted by molar-refractivity contribution is -0.147. The van der Waals surface area contributed by atoms with E-state index in [0.29, 0.717) is 38.8 Å². The van der Waals surface area contributed by atoms with Crippen LogP contribution in [0.1, 0.15) is 132 Å². The molecule has 5 rings (SSSR count). The van der Waals surface area contributed by atoms with Crippen LogP contribution in [-0.2, 0) is 33.5 Å². The maximum atomic E-state index is 14.9. The zero-order chi connectivity index (χ0) is 39.6. The standard InChI is InChI=1S/C40H64N6O8/c1-24(47)54-27-20-29(34(50)42-28(19-25-11-12-25)32(49)35(51)41-26-13-14-26)46(22-27)36(52)33(40(7)15-9-8-10-16-40)44-37(53)43-30(38(2,3)4)23-45-18-17-39(5,6)21-31(45)48/h25-30,33H,8-23H2,1-7H3,(H,41,51)(H,42,50)(H2,43,44,53)/t27-,28?,29+,30-,33-/m1/s1. The van der Waals surface area contributed by atoms with E-state index < -0.39 is 76.6 Å². The van der Waals surface area contributed by atoms with Gasteiger partial charge in [0.15, 0.2) is 0 Å². The number of urea groups is 1. The third kappa shape index (κ3) is 11.0. The molecule has 3 aliphatic carbocycles. The van der Waals surface area contributed by atoms with Gasteiger partial charge in [0.1, 0.15) is 18.2 Å². The highest BCUT2D eigenvalue weighted by Crippen LogP contribution is 2.41. The molecule has 0 aromatic rings. The normalized spacial score (nSPS) is 25.5. The molecule has 4 N–H and O–H groups in total. The summed E-state index contributed by atoms with van der Waals surface area (Å²) >= 11 is 0. The second kappa shape index (κ2) is 16.6. The van der Waals surface area contributed by atoms with E-state index in [1.165, 1.54) is 11.8 Å². The first-order valence-corrected chi connectivity index (χ1v) is 20.2. The fourth-order valence-corrected chi connectivity index (χ4v) is 8.24. The Morgan fingerprint density at radius 1 is 0.907 bits per heavy atom. The number of piperidine rings is 1. The summed E-state index contributed by atoms with van der Waals surface area (Å²) in [5.74, 6) is -2.78. The summed E-state index contributed by atoms with van der Waals surface area (Å²) in [6.45, 7) is 14.3. The smallest absolute Gasteiger partial charge is 0.315 e. The highest BCUT2D eigenvalue weighted by Gasteiger charge is 2.50. The second-order valence-electron chi connectivity index (χ2n) is 18.9. The highest BCUT2D eigenvalue weighted by molar-refractivity contribution is 6.38. The summed E-state index contributed by atoms with van der Waals surface area (Å²) in [4.78, 5) is 97.4. The number of carbonyl (C=O) groups is 7. The van der Waals surface area contributed by atoms with Crippen LogP contribution in [0, 0.1) is 22.2 Å². The third-order valence-electron chi connectivity index (χ3n) is 12.2. The summed E-state index contributed by atoms with van der Waals surface area (Å²) in [6, 6.07) is -4.15. The third-order valence-corrected chi connectivity index (χ3v) is 12.2. The van der Waals surface area contributed by atoms with Crippen molar-refractivity contribution in [3.63, 3.8) is 0 Å². The quantitative estimate of drug-likeness (QED) is 0.154. The molecule has 5 atom stereocenters. The molecule has 1 unspecified atom stereocenters. The predicted octanol–water partition coefficient (Wildman–Crippen LogP) is 3.35. The van der Waals surface area contributed by atoms with Gasteiger partial charge in [0.25, 0.3) is 5.91 Å². The molecule has 14 nitrogen and oxygen atoms in total. The minimum atomic E-state index is -1.10. The van der Waals surface area contributed by atoms with E-state index in [1.54, 1.807) is 0 Å². The fourth-order valence-electron chi connectivity index (χ4n) is 8.24. The predicted molar refractivity (Wildman–Crippen MR) is 201 cm³/mol. The fraction of sp³-hybridized carbons (Fsp3) is 0.825. The lowest BCUT2D eigenvalue weighted by Crippen LogP contribution is -2.63. The van der Waals surface area contributed by atoms with Gasteiger partial charge in [-0.25, -0.2) is 4.79 Å². The van der Waals surface area contributed by atoms with Crippen LogP contribution in [-0.4, -0.2) is 107 Å². The molecular weight excluding hydrogens is 692 g/mol. The first kappa shape index (κ1) is 41.5. The van der Waals surface area contributed by atoms with Crippen molar-refractivity contribution in [1.82, 2.24) is 31.1 Å². The molecular formula is C40H64N6O8. The van der Waals surface area contributed by atoms with Crippen LogP contribution in [0.3, 0.4) is 0 Å². The van der Waals surface area contributed by atoms with Gasteiger partial charge in [-0.2, -0.15) is 0 Å². The van der Waals surface area contributed by atoms with E-state index in [-0.39, 0.29) is 36.2 Å². The maximum absolute atomic E-state index is 14.9. The molecule has 14 heteroatoms. The molecule has 0 radical (unpaired) electrons. The molecule has 0 bridgehead atoms. The Kier molecular flexibility index (Phi) is 12.7. The lowest BCUT2D eigenvalue weighted by atomic mass is 9.70. The van der Waals surface area contributed by atoms with E-state index in [0.717, 1.165) is 51.4 Å². The Morgan fingerprint density at radius 3 is 2.15 bits per heavy atom. The topological polar surface area (TPSA) is 183 Å². The van der Waals surface area contributed by atoms with Gasteiger partial charge in [0.2, 0.25) is 23.5 Å². The minimum Gasteiger partial charge on any atom is -0.461 e. The summed E-state index contributed by atoms with van der Waals surface area (Å²) in [5.41, 5.74) is -1.13. The van der Waals surface area contributed by atoms with Crippen LogP contribution in [0.2, 0.25) is 0 Å². The monoisotopic (exact) mass is 756 g/mol. The number of ether oxygens (including phenoxy) is 1. The van der Waals surface area contributed by atoms with Gasteiger partial charge in [-0.1, -0.05) is 73.6 Å². The number of amides is 6. The number of nitrogens with zero attached hydrogens (tertiary/aromatic N) is 2. The molecule has 2 heterocycles. The van der Waals surface area contributed by atoms with Crippen molar-refractivity contribution in [3.05, 3.63) is 0 Å². The molecule has 3 saturated carbocycles. The maximum Gasteiger partial charge on any atom is 0.315 e. The number of nitrogens with one attached hydrogen (secondary N) is 4. The molecule has 5 aliphatic rings. The molecule has 0 spiro atoms. The number of esters is 1. The van der Waals surface area contributed by atoms with Gasteiger partial charge in [-0.3, -0.25) is 28.8 Å². The Morgan fingerprint density at radius 2 is 1.57 bits per heavy atom. The number of hydrogen-bond donors (Lipinski definition) is 4. The number of carbonyl (C=O) groups excluding carboxylic acids is 7. The summed E-state index contributed by atoms with van der Waals surface area (Å²) in [5, 5.41) is 11.7. The molecule has 6 amide bonds. The molecule has 2 aliphatic heterocycles. The SMILES string of the molecule is CC(=O)O[C@@H]1C[C@@H](C(=O)NC(CC2CC2)C(=O)C(=O)NC2CC2)N(C(=O)[C@@H](NC(=O)N[C@H](CN2CCC(C)(C)CC2=O)C(C)(C)C)C2(C)CCCCC2)C1. The molecule has 302 valence electrons. The molecule has 54 heavy (non-hydrogen) atoms. The first-order chi connectivity index (χ1) is 25.2. The Labute approximate surface area is 320 Å². The summed E-state index contributed by atoms with van der Waals surface area (Å²) < 4.78 is 5.53. The van der Waals surface area contributed by atoms with Crippen LogP contribution < -0.4 is 21.3 Å². The largest absolute Gasteiger partial charge is 0.461 e. The molecule has 0 aromatic carbocycles. The average Bonchev–Trinajstić information content (AvgIpc) is 4.02. The van der Waals surface area contributed by atoms with Gasteiger partial charge in [-0.05, 0) is 60.7 Å². The lowest BCUT2D eigenvalue weighted by Gasteiger charge is -2.43. The van der Waals surface area contributed by atoms with Gasteiger partial charge in [0.05, 0.1) is 18.6 Å². The Hall–Kier alpha value is -3.71. The number of Topliss-reactive ketones (excluding diaryl/α,β-unsaturated/α-hetero) is 1. The van der Waals surface area contributed by atoms with Crippen molar-refractivity contribution < 1.29 is 38.3 Å². The molecule has 2 saturated heterocycles. The number of likely N-dealkylation sites (tertiary alicyclic amines) is 2. The minimum absolute atomic E-state index is 0.0121. The van der Waals surface area contributed by atoms with Gasteiger partial charge < -0.3 is 35.8 Å². The van der Waals surface area contributed by atoms with Crippen molar-refractivity contribution >= 4 is 41.4 Å². The van der Waals surface area contributed by atoms with E-state index in [1.807, 2.05) is 32.6 Å². The molecule has 5 fully saturated rings. The van der Waals surface area contributed by atoms with Gasteiger partial charge >= 0.3 is 12.0 Å². The average molecular weight is 757 g/mol. The van der Waals surface area contributed by atoms with Crippen molar-refractivity contribution in [1.29, 1.82) is 0 Å². The van der Waals surface area contributed by atoms with Crippen LogP contribution in [0.5, 0.6) is 0 Å². The Bertz CT molecular complexity index is 1460. The second-order valence-corrected chi connectivity index (χ2v) is 18.9. The van der Waals surface area contributed by atoms with Crippen molar-refractivity contribution in [2.24, 2.45) is 22.2 Å². The van der Waals surface area contributed by atoms with Crippen LogP contribution >= 0.6 is 0 Å². The summed E-state index contributed by atoms with van der Waals surface area (Å²) in [7, 11) is 0. The van der Waals surface area contributed by atoms with Gasteiger partial charge in [-0.15, -0.1) is 0 Å². The molecule has 0 aromatic heterocycles. The van der Waals surface area contributed by atoms with Crippen LogP contribution in [0.25, 0.3) is 0 Å². The van der Waals surface area contributed by atoms with E-state index in [2.05, 4.69) is 35.1 Å². The first-order valence-electron chi connectivity index (χ1n) is 20.2. The number of hydrogen-bond acceptors (Lipinski definition) is 8. The zero-order valence-corrected chi connectivity index (χ0v) is 33.5. The highest BCUT2D eigenvalue weighted by atomic mass is 16.5. The van der Waals surface area contributed by atoms with E-state index in [4.69, 9.17) is 4.74 Å². The van der Waals surface area contributed by atoms with Crippen molar-refractivity contribution in [3.8, 4) is 0 Å². The zero-order valence-electron chi connectivity index (χ0n) is 33.5. The summed E-state index contributed by atoms with van der Waals surface area (Å²) in [6.07, 6.45) is 8.40. The van der Waals surface area contributed by atoms with E-state index in [9.17, 15) is 33.6 Å². The van der Waals surface area contributed by atoms with E-state index >= 15 is 0 Å². The van der Waals surface area contributed by atoms with Crippen LogP contribution in [0.4, 0.5) is 4.79 Å². The Balaban J connectivity index is 1.36. The van der Waals surface area contributed by atoms with Crippen molar-refractivity contribution in [2.45, 2.75) is 168 Å². The number of rotatable bonds is 14. The number of ketones is 1. The van der Waals surface area contributed by atoms with Crippen molar-refractivity contribution in [2.75, 3.05) is 19.6 Å². The van der Waals surface area contributed by atoms with Crippen LogP contribution in [0.15, 0.2) is 0 Å². The van der Waals surface area contributed by atoms with Gasteiger partial charge in [0, 0.05) is 38.9 Å².